The number of nitrogens with one attached hydrogen (secondary N) is 2. The van der Waals surface area contributed by atoms with Crippen LogP contribution in [0.25, 0.3) is 0 Å². The molecule has 0 unspecified atom stereocenters. The predicted octanol–water partition coefficient (Wildman–Crippen LogP) is 0.827. The molecule has 1 aliphatic carbocycles. The number of hydrogen-bond acceptors (Lipinski definition) is 3. The molecule has 1 heterocycles. The minimum Gasteiger partial charge on any atom is -0.296 e. The number of amides is 2. The normalized spacial score (nSPS) is 28.2. The van der Waals surface area contributed by atoms with E-state index in [9.17, 15) is 9.59 Å². The molecule has 18 heavy (non-hydrogen) atoms. The van der Waals surface area contributed by atoms with E-state index in [0.29, 0.717) is 0 Å². The molecule has 5 heteroatoms. The van der Waals surface area contributed by atoms with Gasteiger partial charge in [-0.15, -0.1) is 0 Å². The van der Waals surface area contributed by atoms with Crippen LogP contribution in [0.5, 0.6) is 0 Å². The average Bonchev–Trinajstić information content (AvgIpc) is 2.56. The quantitative estimate of drug-likeness (QED) is 0.711. The molecule has 1 aliphatic heterocycles. The number of hydrogen-bond donors (Lipinski definition) is 2. The van der Waals surface area contributed by atoms with E-state index >= 15 is 0 Å². The molecule has 2 rings (SSSR count). The third kappa shape index (κ3) is 2.30. The fourth-order valence-corrected chi connectivity index (χ4v) is 2.48. The smallest absolute Gasteiger partial charge is 0.248 e. The van der Waals surface area contributed by atoms with Crippen molar-refractivity contribution in [3.05, 3.63) is 11.6 Å². The molecule has 0 aromatic rings. The number of nitrogens with zero attached hydrogens (tertiary/aromatic N) is 1. The molecule has 1 saturated carbocycles. The van der Waals surface area contributed by atoms with Crippen LogP contribution in [-0.4, -0.2) is 24.3 Å². The Morgan fingerprint density at radius 3 is 2.67 bits per heavy atom. The van der Waals surface area contributed by atoms with Gasteiger partial charge in [0.25, 0.3) is 0 Å². The van der Waals surface area contributed by atoms with Crippen LogP contribution in [0.2, 0.25) is 0 Å². The van der Waals surface area contributed by atoms with Crippen molar-refractivity contribution >= 4 is 17.8 Å². The highest BCUT2D eigenvalue weighted by Crippen LogP contribution is 2.59. The van der Waals surface area contributed by atoms with Gasteiger partial charge in [0, 0.05) is 0 Å². The van der Waals surface area contributed by atoms with Gasteiger partial charge in [-0.25, -0.2) is 4.99 Å². The molecule has 2 aliphatic rings. The summed E-state index contributed by atoms with van der Waals surface area (Å²) >= 11 is 0. The van der Waals surface area contributed by atoms with Crippen molar-refractivity contribution in [2.24, 2.45) is 22.2 Å². The molecule has 2 N–H and O–H groups in total. The molecule has 2 atom stereocenters. The van der Waals surface area contributed by atoms with Gasteiger partial charge in [-0.2, -0.15) is 0 Å². The number of rotatable bonds is 2. The Morgan fingerprint density at radius 1 is 1.50 bits per heavy atom. The summed E-state index contributed by atoms with van der Waals surface area (Å²) in [4.78, 5) is 27.0. The van der Waals surface area contributed by atoms with Gasteiger partial charge in [-0.05, 0) is 25.2 Å². The van der Waals surface area contributed by atoms with Gasteiger partial charge in [-0.3, -0.25) is 20.2 Å². The zero-order chi connectivity index (χ0) is 13.5. The van der Waals surface area contributed by atoms with Gasteiger partial charge in [0.1, 0.15) is 6.54 Å². The van der Waals surface area contributed by atoms with Crippen molar-refractivity contribution in [3.63, 3.8) is 0 Å². The van der Waals surface area contributed by atoms with Crippen molar-refractivity contribution in [1.82, 2.24) is 10.6 Å². The summed E-state index contributed by atoms with van der Waals surface area (Å²) in [5, 5.41) is 5.19. The summed E-state index contributed by atoms with van der Waals surface area (Å²) in [7, 11) is 0. The van der Waals surface area contributed by atoms with Crippen LogP contribution in [0.4, 0.5) is 0 Å². The number of carbonyl (C=O) groups is 2. The highest BCUT2D eigenvalue weighted by Gasteiger charge is 2.60. The Kier molecular flexibility index (Phi) is 3.00. The fraction of sp³-hybridized carbons (Fsp3) is 0.615. The summed E-state index contributed by atoms with van der Waals surface area (Å²) in [6.07, 6.45) is 2.14. The van der Waals surface area contributed by atoms with Gasteiger partial charge in [0.05, 0.1) is 5.92 Å². The van der Waals surface area contributed by atoms with Crippen molar-refractivity contribution in [2.75, 3.05) is 6.54 Å². The maximum Gasteiger partial charge on any atom is 0.248 e. The predicted molar refractivity (Wildman–Crippen MR) is 68.8 cm³/mol. The minimum absolute atomic E-state index is 0.0233. The van der Waals surface area contributed by atoms with Crippen LogP contribution in [0.3, 0.4) is 0 Å². The first-order valence-corrected chi connectivity index (χ1v) is 6.12. The third-order valence-corrected chi connectivity index (χ3v) is 3.59. The zero-order valence-corrected chi connectivity index (χ0v) is 11.2. The molecule has 0 aromatic carbocycles. The Labute approximate surface area is 107 Å². The maximum absolute atomic E-state index is 12.1. The molecule has 0 aromatic heterocycles. The lowest BCUT2D eigenvalue weighted by Crippen LogP contribution is -2.41. The molecule has 0 bridgehead atoms. The molecule has 0 radical (unpaired) electrons. The van der Waals surface area contributed by atoms with Crippen LogP contribution < -0.4 is 10.6 Å². The van der Waals surface area contributed by atoms with Gasteiger partial charge >= 0.3 is 0 Å². The number of guanidine groups is 1. The molecule has 0 saturated heterocycles. The number of aliphatic imine (C=N–C) groups is 1. The van der Waals surface area contributed by atoms with E-state index in [0.717, 1.165) is 0 Å². The van der Waals surface area contributed by atoms with E-state index in [2.05, 4.69) is 35.5 Å². The van der Waals surface area contributed by atoms with Crippen LogP contribution >= 0.6 is 0 Å². The van der Waals surface area contributed by atoms with Crippen LogP contribution in [0.1, 0.15) is 27.7 Å². The first-order valence-electron chi connectivity index (χ1n) is 6.12. The highest BCUT2D eigenvalue weighted by atomic mass is 16.2. The zero-order valence-electron chi connectivity index (χ0n) is 11.2. The lowest BCUT2D eigenvalue weighted by atomic mass is 10.1. The van der Waals surface area contributed by atoms with E-state index in [-0.39, 0.29) is 41.6 Å². The average molecular weight is 249 g/mol. The molecule has 2 amide bonds. The van der Waals surface area contributed by atoms with Gasteiger partial charge in [0.2, 0.25) is 17.8 Å². The summed E-state index contributed by atoms with van der Waals surface area (Å²) in [6, 6.07) is 0. The fourth-order valence-electron chi connectivity index (χ4n) is 2.48. The Morgan fingerprint density at radius 2 is 2.17 bits per heavy atom. The van der Waals surface area contributed by atoms with E-state index in [4.69, 9.17) is 0 Å². The summed E-state index contributed by atoms with van der Waals surface area (Å²) in [6.45, 7) is 8.32. The van der Waals surface area contributed by atoms with Crippen molar-refractivity contribution < 1.29 is 9.59 Å². The van der Waals surface area contributed by atoms with Crippen LogP contribution in [-0.2, 0) is 9.59 Å². The molecule has 0 spiro atoms. The summed E-state index contributed by atoms with van der Waals surface area (Å²) in [5.41, 5.74) is 1.19. The Balaban J connectivity index is 1.99. The lowest BCUT2D eigenvalue weighted by Gasteiger charge is -2.05. The second-order valence-electron chi connectivity index (χ2n) is 5.77. The summed E-state index contributed by atoms with van der Waals surface area (Å²) < 4.78 is 0. The first kappa shape index (κ1) is 12.8. The molecule has 1 fully saturated rings. The maximum atomic E-state index is 12.1. The molecule has 5 nitrogen and oxygen atoms in total. The SMILES string of the molecule is CC(C)=C[C@@H]1[C@H](C(=O)NC2=NCC(=O)N2)C1(C)C. The number of carbonyl (C=O) groups excluding carboxylic acids is 2. The largest absolute Gasteiger partial charge is 0.296 e. The first-order chi connectivity index (χ1) is 8.32. The minimum atomic E-state index is -0.179. The van der Waals surface area contributed by atoms with Crippen molar-refractivity contribution in [1.29, 1.82) is 0 Å². The molecular formula is C13H19N3O2. The standard InChI is InChI=1S/C13H19N3O2/c1-7(2)5-8-10(13(8,3)4)11(18)16-12-14-6-9(17)15-12/h5,8,10H,6H2,1-4H3,(H2,14,15,16,17,18)/t8-,10-/m1/s1. The van der Waals surface area contributed by atoms with Crippen LogP contribution in [0.15, 0.2) is 16.6 Å². The molecule has 98 valence electrons. The highest BCUT2D eigenvalue weighted by molar-refractivity contribution is 6.09. The Bertz CT molecular complexity index is 459. The third-order valence-electron chi connectivity index (χ3n) is 3.59. The van der Waals surface area contributed by atoms with Crippen molar-refractivity contribution in [2.45, 2.75) is 27.7 Å². The van der Waals surface area contributed by atoms with Crippen molar-refractivity contribution in [3.8, 4) is 0 Å². The lowest BCUT2D eigenvalue weighted by molar-refractivity contribution is -0.121. The van der Waals surface area contributed by atoms with Gasteiger partial charge < -0.3 is 0 Å². The topological polar surface area (TPSA) is 70.6 Å². The second-order valence-corrected chi connectivity index (χ2v) is 5.77. The van der Waals surface area contributed by atoms with Gasteiger partial charge in [0.15, 0.2) is 0 Å². The monoisotopic (exact) mass is 249 g/mol. The van der Waals surface area contributed by atoms with E-state index < -0.39 is 0 Å². The van der Waals surface area contributed by atoms with E-state index in [1.165, 1.54) is 5.57 Å². The molecular weight excluding hydrogens is 230 g/mol. The summed E-state index contributed by atoms with van der Waals surface area (Å²) in [5.74, 6) is 0.251. The number of allylic oxidation sites excluding steroid dienone is 2. The van der Waals surface area contributed by atoms with E-state index in [1.54, 1.807) is 0 Å². The van der Waals surface area contributed by atoms with Gasteiger partial charge in [-0.1, -0.05) is 25.5 Å². The van der Waals surface area contributed by atoms with E-state index in [1.807, 2.05) is 13.8 Å². The van der Waals surface area contributed by atoms with Crippen LogP contribution in [0, 0.1) is 17.3 Å². The second kappa shape index (κ2) is 4.23. The Hall–Kier alpha value is -1.65.